The van der Waals surface area contributed by atoms with E-state index in [1.54, 1.807) is 7.11 Å². The van der Waals surface area contributed by atoms with Gasteiger partial charge in [-0.1, -0.05) is 29.8 Å². The first kappa shape index (κ1) is 13.9. The second-order valence-corrected chi connectivity index (χ2v) is 6.27. The van der Waals surface area contributed by atoms with Gasteiger partial charge in [-0.05, 0) is 42.9 Å². The predicted octanol–water partition coefficient (Wildman–Crippen LogP) is 3.98. The van der Waals surface area contributed by atoms with Crippen molar-refractivity contribution in [2.75, 3.05) is 7.11 Å². The molecule has 3 heteroatoms. The van der Waals surface area contributed by atoms with Crippen LogP contribution in [0.4, 0.5) is 0 Å². The minimum absolute atomic E-state index is 0.642. The first-order chi connectivity index (χ1) is 8.61. The van der Waals surface area contributed by atoms with Gasteiger partial charge in [-0.2, -0.15) is 0 Å². The van der Waals surface area contributed by atoms with Gasteiger partial charge in [0.05, 0.1) is 7.11 Å². The molecule has 0 aromatic heterocycles. The molecule has 0 amide bonds. The zero-order valence-electron chi connectivity index (χ0n) is 11.4. The van der Waals surface area contributed by atoms with Gasteiger partial charge in [0.2, 0.25) is 0 Å². The molecule has 2 rings (SSSR count). The Bertz CT molecular complexity index is 407. The van der Waals surface area contributed by atoms with Crippen molar-refractivity contribution in [3.63, 3.8) is 0 Å². The molecule has 1 aromatic carbocycles. The Morgan fingerprint density at radius 3 is 2.72 bits per heavy atom. The smallest absolute Gasteiger partial charge is 0.123 e. The Morgan fingerprint density at radius 2 is 2.11 bits per heavy atom. The largest absolute Gasteiger partial charge is 0.496 e. The highest BCUT2D eigenvalue weighted by Crippen LogP contribution is 2.31. The number of rotatable bonds is 4. The molecule has 18 heavy (non-hydrogen) atoms. The normalized spacial score (nSPS) is 27.4. The van der Waals surface area contributed by atoms with Crippen molar-refractivity contribution in [3.8, 4) is 5.75 Å². The van der Waals surface area contributed by atoms with Crippen LogP contribution in [0.5, 0.6) is 5.75 Å². The standard InChI is InChI=1S/C15H22BrNO/c1-10-4-6-14(11(10)2)17-9-12-8-13(16)5-7-15(12)18-3/h5,7-8,10-11,14,17H,4,6,9H2,1-3H3. The lowest BCUT2D eigenvalue weighted by atomic mass is 9.97. The van der Waals surface area contributed by atoms with E-state index in [0.717, 1.165) is 28.6 Å². The minimum Gasteiger partial charge on any atom is -0.496 e. The molecule has 1 fully saturated rings. The van der Waals surface area contributed by atoms with E-state index >= 15 is 0 Å². The third kappa shape index (κ3) is 3.07. The van der Waals surface area contributed by atoms with Gasteiger partial charge in [0.1, 0.15) is 5.75 Å². The third-order valence-electron chi connectivity index (χ3n) is 4.26. The highest BCUT2D eigenvalue weighted by Gasteiger charge is 2.29. The summed E-state index contributed by atoms with van der Waals surface area (Å²) >= 11 is 3.52. The first-order valence-electron chi connectivity index (χ1n) is 6.67. The summed E-state index contributed by atoms with van der Waals surface area (Å²) in [6, 6.07) is 6.81. The summed E-state index contributed by atoms with van der Waals surface area (Å²) in [6.45, 7) is 5.59. The molecule has 2 nitrogen and oxygen atoms in total. The summed E-state index contributed by atoms with van der Waals surface area (Å²) in [4.78, 5) is 0. The average molecular weight is 312 g/mol. The van der Waals surface area contributed by atoms with Crippen LogP contribution in [0.15, 0.2) is 22.7 Å². The van der Waals surface area contributed by atoms with Crippen LogP contribution in [0, 0.1) is 11.8 Å². The fraction of sp³-hybridized carbons (Fsp3) is 0.600. The molecular formula is C15H22BrNO. The van der Waals surface area contributed by atoms with Crippen LogP contribution in [0.2, 0.25) is 0 Å². The molecule has 1 aliphatic carbocycles. The minimum atomic E-state index is 0.642. The summed E-state index contributed by atoms with van der Waals surface area (Å²) in [6.07, 6.45) is 2.63. The van der Waals surface area contributed by atoms with Crippen molar-refractivity contribution >= 4 is 15.9 Å². The molecule has 1 saturated carbocycles. The van der Waals surface area contributed by atoms with Crippen LogP contribution in [-0.2, 0) is 6.54 Å². The number of halogens is 1. The summed E-state index contributed by atoms with van der Waals surface area (Å²) < 4.78 is 6.51. The third-order valence-corrected chi connectivity index (χ3v) is 4.76. The highest BCUT2D eigenvalue weighted by molar-refractivity contribution is 9.10. The Hall–Kier alpha value is -0.540. The van der Waals surface area contributed by atoms with Crippen molar-refractivity contribution in [1.29, 1.82) is 0 Å². The quantitative estimate of drug-likeness (QED) is 0.908. The summed E-state index contributed by atoms with van der Waals surface area (Å²) in [5, 5.41) is 3.68. The van der Waals surface area contributed by atoms with Gasteiger partial charge in [0.25, 0.3) is 0 Å². The second-order valence-electron chi connectivity index (χ2n) is 5.36. The maximum absolute atomic E-state index is 5.40. The maximum Gasteiger partial charge on any atom is 0.123 e. The van der Waals surface area contributed by atoms with E-state index < -0.39 is 0 Å². The van der Waals surface area contributed by atoms with Gasteiger partial charge >= 0.3 is 0 Å². The Labute approximate surface area is 118 Å². The van der Waals surface area contributed by atoms with Crippen LogP contribution >= 0.6 is 15.9 Å². The van der Waals surface area contributed by atoms with Gasteiger partial charge in [-0.15, -0.1) is 0 Å². The van der Waals surface area contributed by atoms with E-state index in [2.05, 4.69) is 41.2 Å². The number of nitrogens with one attached hydrogen (secondary N) is 1. The molecule has 1 aromatic rings. The lowest BCUT2D eigenvalue weighted by molar-refractivity contribution is 0.364. The van der Waals surface area contributed by atoms with Crippen molar-refractivity contribution < 1.29 is 4.74 Å². The monoisotopic (exact) mass is 311 g/mol. The molecule has 100 valence electrons. The summed E-state index contributed by atoms with van der Waals surface area (Å²) in [7, 11) is 1.73. The zero-order valence-corrected chi connectivity index (χ0v) is 13.0. The van der Waals surface area contributed by atoms with Gasteiger partial charge in [-0.25, -0.2) is 0 Å². The van der Waals surface area contributed by atoms with Gasteiger partial charge in [0, 0.05) is 22.6 Å². The number of hydrogen-bond acceptors (Lipinski definition) is 2. The number of ether oxygens (including phenoxy) is 1. The van der Waals surface area contributed by atoms with Crippen LogP contribution in [0.3, 0.4) is 0 Å². The predicted molar refractivity (Wildman–Crippen MR) is 78.9 cm³/mol. The molecule has 0 saturated heterocycles. The number of benzene rings is 1. The molecule has 0 spiro atoms. The van der Waals surface area contributed by atoms with Crippen LogP contribution in [0.1, 0.15) is 32.3 Å². The maximum atomic E-state index is 5.40. The molecule has 0 aliphatic heterocycles. The number of hydrogen-bond donors (Lipinski definition) is 1. The molecule has 1 aliphatic rings. The van der Waals surface area contributed by atoms with Gasteiger partial charge in [-0.3, -0.25) is 0 Å². The Balaban J connectivity index is 1.99. The highest BCUT2D eigenvalue weighted by atomic mass is 79.9. The van der Waals surface area contributed by atoms with Crippen LogP contribution in [-0.4, -0.2) is 13.2 Å². The van der Waals surface area contributed by atoms with E-state index in [1.165, 1.54) is 18.4 Å². The van der Waals surface area contributed by atoms with Gasteiger partial charge < -0.3 is 10.1 Å². The Kier molecular flexibility index (Phi) is 4.68. The zero-order chi connectivity index (χ0) is 13.1. The molecule has 3 atom stereocenters. The van der Waals surface area contributed by atoms with E-state index in [-0.39, 0.29) is 0 Å². The van der Waals surface area contributed by atoms with E-state index in [4.69, 9.17) is 4.74 Å². The first-order valence-corrected chi connectivity index (χ1v) is 7.47. The van der Waals surface area contributed by atoms with Crippen LogP contribution in [0.25, 0.3) is 0 Å². The number of methoxy groups -OCH3 is 1. The SMILES string of the molecule is COc1ccc(Br)cc1CNC1CCC(C)C1C. The van der Waals surface area contributed by atoms with E-state index in [1.807, 2.05) is 12.1 Å². The van der Waals surface area contributed by atoms with Crippen molar-refractivity contribution in [2.45, 2.75) is 39.3 Å². The lowest BCUT2D eigenvalue weighted by Gasteiger charge is -2.20. The van der Waals surface area contributed by atoms with Crippen LogP contribution < -0.4 is 10.1 Å². The molecule has 0 bridgehead atoms. The topological polar surface area (TPSA) is 21.3 Å². The molecule has 0 heterocycles. The fourth-order valence-corrected chi connectivity index (χ4v) is 3.19. The molecule has 3 unspecified atom stereocenters. The van der Waals surface area contributed by atoms with Crippen molar-refractivity contribution in [2.24, 2.45) is 11.8 Å². The second kappa shape index (κ2) is 6.07. The van der Waals surface area contributed by atoms with Gasteiger partial charge in [0.15, 0.2) is 0 Å². The summed E-state index contributed by atoms with van der Waals surface area (Å²) in [5.74, 6) is 2.57. The average Bonchev–Trinajstić information content (AvgIpc) is 2.68. The molecule has 0 radical (unpaired) electrons. The van der Waals surface area contributed by atoms with E-state index in [0.29, 0.717) is 6.04 Å². The van der Waals surface area contributed by atoms with E-state index in [9.17, 15) is 0 Å². The molecular weight excluding hydrogens is 290 g/mol. The van der Waals surface area contributed by atoms with Crippen molar-refractivity contribution in [3.05, 3.63) is 28.2 Å². The summed E-state index contributed by atoms with van der Waals surface area (Å²) in [5.41, 5.74) is 1.22. The fourth-order valence-electron chi connectivity index (χ4n) is 2.78. The Morgan fingerprint density at radius 1 is 1.33 bits per heavy atom. The molecule has 1 N–H and O–H groups in total. The van der Waals surface area contributed by atoms with Crippen molar-refractivity contribution in [1.82, 2.24) is 5.32 Å². The lowest BCUT2D eigenvalue weighted by Crippen LogP contribution is -2.32.